The fourth-order valence-corrected chi connectivity index (χ4v) is 3.02. The van der Waals surface area contributed by atoms with E-state index >= 15 is 0 Å². The van der Waals surface area contributed by atoms with Crippen molar-refractivity contribution < 1.29 is 9.59 Å². The first kappa shape index (κ1) is 20.3. The number of nitrogens with zero attached hydrogens (tertiary/aromatic N) is 2. The number of rotatable bonds is 9. The molecule has 2 rings (SSSR count). The molecular weight excluding hydrogens is 332 g/mol. The van der Waals surface area contributed by atoms with Gasteiger partial charge >= 0.3 is 0 Å². The van der Waals surface area contributed by atoms with Crippen LogP contribution >= 0.6 is 0 Å². The summed E-state index contributed by atoms with van der Waals surface area (Å²) in [6.07, 6.45) is 1.68. The van der Waals surface area contributed by atoms with Gasteiger partial charge in [-0.1, -0.05) is 6.07 Å². The van der Waals surface area contributed by atoms with Crippen LogP contribution in [0.2, 0.25) is 0 Å². The van der Waals surface area contributed by atoms with Crippen molar-refractivity contribution in [2.45, 2.75) is 12.5 Å². The van der Waals surface area contributed by atoms with Gasteiger partial charge < -0.3 is 25.6 Å². The molecule has 0 bridgehead atoms. The van der Waals surface area contributed by atoms with E-state index < -0.39 is 6.04 Å². The molecule has 0 aliphatic carbocycles. The molecule has 1 aliphatic rings. The molecule has 0 radical (unpaired) electrons. The lowest BCUT2D eigenvalue weighted by Crippen LogP contribution is -2.45. The standard InChI is InChI=1S/C18H30N6O2/c1-20-22-17(13-25)15-5-4-14(12-16(15)19)18(26)21-6-3-7-24-10-8-23(2)9-11-24/h4-5,12-13,17,20,22H,3,6-11,19H2,1-2H3,(H,21,26). The number of piperazine rings is 1. The van der Waals surface area contributed by atoms with E-state index in [1.54, 1.807) is 25.2 Å². The average Bonchev–Trinajstić information content (AvgIpc) is 2.65. The van der Waals surface area contributed by atoms with E-state index in [9.17, 15) is 9.59 Å². The molecule has 1 fully saturated rings. The molecule has 1 atom stereocenters. The van der Waals surface area contributed by atoms with Gasteiger partial charge in [-0.05, 0) is 39.2 Å². The molecule has 0 spiro atoms. The first-order valence-electron chi connectivity index (χ1n) is 9.01. The van der Waals surface area contributed by atoms with Crippen LogP contribution < -0.4 is 21.9 Å². The number of amides is 1. The zero-order valence-corrected chi connectivity index (χ0v) is 15.6. The zero-order chi connectivity index (χ0) is 18.9. The second-order valence-corrected chi connectivity index (χ2v) is 6.61. The Bertz CT molecular complexity index is 601. The summed E-state index contributed by atoms with van der Waals surface area (Å²) in [5.41, 5.74) is 13.1. The van der Waals surface area contributed by atoms with Gasteiger partial charge in [0, 0.05) is 49.5 Å². The van der Waals surface area contributed by atoms with Crippen LogP contribution in [0, 0.1) is 0 Å². The second-order valence-electron chi connectivity index (χ2n) is 6.61. The van der Waals surface area contributed by atoms with Gasteiger partial charge in [-0.25, -0.2) is 5.43 Å². The molecule has 26 heavy (non-hydrogen) atoms. The number of aldehydes is 1. The zero-order valence-electron chi connectivity index (χ0n) is 15.6. The fourth-order valence-electron chi connectivity index (χ4n) is 3.02. The smallest absolute Gasteiger partial charge is 0.251 e. The largest absolute Gasteiger partial charge is 0.398 e. The number of hydrazine groups is 1. The lowest BCUT2D eigenvalue weighted by molar-refractivity contribution is -0.109. The van der Waals surface area contributed by atoms with Crippen LogP contribution in [0.15, 0.2) is 18.2 Å². The maximum atomic E-state index is 12.3. The van der Waals surface area contributed by atoms with Gasteiger partial charge in [0.15, 0.2) is 0 Å². The summed E-state index contributed by atoms with van der Waals surface area (Å²) in [7, 11) is 3.82. The highest BCUT2D eigenvalue weighted by molar-refractivity contribution is 5.95. The van der Waals surface area contributed by atoms with E-state index in [1.807, 2.05) is 0 Å². The number of hydrogen-bond acceptors (Lipinski definition) is 7. The summed E-state index contributed by atoms with van der Waals surface area (Å²) >= 11 is 0. The Morgan fingerprint density at radius 1 is 1.31 bits per heavy atom. The van der Waals surface area contributed by atoms with E-state index in [4.69, 9.17) is 5.73 Å². The Morgan fingerprint density at radius 2 is 2.04 bits per heavy atom. The van der Waals surface area contributed by atoms with Crippen LogP contribution in [-0.2, 0) is 4.79 Å². The Hall–Kier alpha value is -2.00. The second kappa shape index (κ2) is 10.2. The van der Waals surface area contributed by atoms with Gasteiger partial charge in [-0.15, -0.1) is 0 Å². The van der Waals surface area contributed by atoms with Crippen LogP contribution in [0.1, 0.15) is 28.4 Å². The molecule has 1 aliphatic heterocycles. The van der Waals surface area contributed by atoms with Crippen molar-refractivity contribution in [2.24, 2.45) is 0 Å². The van der Waals surface area contributed by atoms with Crippen LogP contribution in [0.25, 0.3) is 0 Å². The maximum absolute atomic E-state index is 12.3. The van der Waals surface area contributed by atoms with Crippen molar-refractivity contribution in [3.05, 3.63) is 29.3 Å². The van der Waals surface area contributed by atoms with Crippen molar-refractivity contribution in [3.8, 4) is 0 Å². The van der Waals surface area contributed by atoms with Crippen molar-refractivity contribution in [1.82, 2.24) is 26.0 Å². The molecule has 144 valence electrons. The number of carbonyl (C=O) groups excluding carboxylic acids is 2. The summed E-state index contributed by atoms with van der Waals surface area (Å²) < 4.78 is 0. The van der Waals surface area contributed by atoms with E-state index in [0.717, 1.165) is 45.4 Å². The van der Waals surface area contributed by atoms with Crippen molar-refractivity contribution in [2.75, 3.05) is 59.1 Å². The van der Waals surface area contributed by atoms with Crippen LogP contribution in [-0.4, -0.2) is 75.4 Å². The molecule has 0 saturated carbocycles. The van der Waals surface area contributed by atoms with Crippen molar-refractivity contribution in [1.29, 1.82) is 0 Å². The van der Waals surface area contributed by atoms with Gasteiger partial charge in [0.1, 0.15) is 12.3 Å². The highest BCUT2D eigenvalue weighted by atomic mass is 16.1. The Morgan fingerprint density at radius 3 is 2.65 bits per heavy atom. The third-order valence-electron chi connectivity index (χ3n) is 4.65. The van der Waals surface area contributed by atoms with Gasteiger partial charge in [-0.2, -0.15) is 0 Å². The monoisotopic (exact) mass is 362 g/mol. The number of nitrogen functional groups attached to an aromatic ring is 1. The van der Waals surface area contributed by atoms with E-state index in [-0.39, 0.29) is 5.91 Å². The highest BCUT2D eigenvalue weighted by Gasteiger charge is 2.15. The Balaban J connectivity index is 1.80. The van der Waals surface area contributed by atoms with Crippen molar-refractivity contribution in [3.63, 3.8) is 0 Å². The molecule has 1 aromatic carbocycles. The number of anilines is 1. The predicted molar refractivity (Wildman–Crippen MR) is 103 cm³/mol. The summed E-state index contributed by atoms with van der Waals surface area (Å²) in [6, 6.07) is 4.45. The topological polar surface area (TPSA) is 103 Å². The van der Waals surface area contributed by atoms with E-state index in [1.165, 1.54) is 0 Å². The summed E-state index contributed by atoms with van der Waals surface area (Å²) in [4.78, 5) is 28.2. The number of likely N-dealkylation sites (N-methyl/N-ethyl adjacent to an activating group) is 1. The molecule has 1 heterocycles. The Kier molecular flexibility index (Phi) is 7.99. The van der Waals surface area contributed by atoms with Gasteiger partial charge in [0.2, 0.25) is 0 Å². The minimum absolute atomic E-state index is 0.147. The third-order valence-corrected chi connectivity index (χ3v) is 4.65. The minimum Gasteiger partial charge on any atom is -0.398 e. The number of nitrogens with one attached hydrogen (secondary N) is 3. The lowest BCUT2D eigenvalue weighted by Gasteiger charge is -2.32. The first-order valence-corrected chi connectivity index (χ1v) is 9.01. The average molecular weight is 362 g/mol. The van der Waals surface area contributed by atoms with E-state index in [0.29, 0.717) is 23.4 Å². The highest BCUT2D eigenvalue weighted by Crippen LogP contribution is 2.20. The molecular formula is C18H30N6O2. The molecule has 1 saturated heterocycles. The quantitative estimate of drug-likeness (QED) is 0.205. The van der Waals surface area contributed by atoms with Gasteiger partial charge in [-0.3, -0.25) is 10.2 Å². The maximum Gasteiger partial charge on any atom is 0.251 e. The molecule has 5 N–H and O–H groups in total. The SMILES string of the molecule is CNNC(C=O)c1ccc(C(=O)NCCCN2CCN(C)CC2)cc1N. The number of nitrogens with two attached hydrogens (primary N) is 1. The summed E-state index contributed by atoms with van der Waals surface area (Å²) in [6.45, 7) is 5.99. The fraction of sp³-hybridized carbons (Fsp3) is 0.556. The molecule has 1 aromatic rings. The van der Waals surface area contributed by atoms with Crippen LogP contribution in [0.5, 0.6) is 0 Å². The molecule has 8 heteroatoms. The summed E-state index contributed by atoms with van der Waals surface area (Å²) in [5.74, 6) is -0.147. The van der Waals surface area contributed by atoms with Gasteiger partial charge in [0.05, 0.1) is 0 Å². The van der Waals surface area contributed by atoms with Crippen LogP contribution in [0.3, 0.4) is 0 Å². The predicted octanol–water partition coefficient (Wildman–Crippen LogP) is -0.400. The molecule has 1 amide bonds. The molecule has 0 aromatic heterocycles. The molecule has 1 unspecified atom stereocenters. The number of hydrogen-bond donors (Lipinski definition) is 4. The molecule has 8 nitrogen and oxygen atoms in total. The number of benzene rings is 1. The third kappa shape index (κ3) is 5.77. The van der Waals surface area contributed by atoms with E-state index in [2.05, 4.69) is 33.0 Å². The lowest BCUT2D eigenvalue weighted by atomic mass is 10.0. The normalized spacial score (nSPS) is 17.0. The van der Waals surface area contributed by atoms with Gasteiger partial charge in [0.25, 0.3) is 5.91 Å². The summed E-state index contributed by atoms with van der Waals surface area (Å²) in [5, 5.41) is 2.93. The van der Waals surface area contributed by atoms with Crippen molar-refractivity contribution >= 4 is 17.9 Å². The Labute approximate surface area is 155 Å². The minimum atomic E-state index is -0.555. The first-order chi connectivity index (χ1) is 12.5. The van der Waals surface area contributed by atoms with Crippen LogP contribution in [0.4, 0.5) is 5.69 Å². The number of carbonyl (C=O) groups is 2.